The zero-order valence-electron chi connectivity index (χ0n) is 17.1. The first-order chi connectivity index (χ1) is 13.9. The molecule has 0 amide bonds. The van der Waals surface area contributed by atoms with Crippen molar-refractivity contribution in [3.05, 3.63) is 63.6 Å². The van der Waals surface area contributed by atoms with Crippen LogP contribution in [0.1, 0.15) is 49.8 Å². The molecule has 29 heavy (non-hydrogen) atoms. The lowest BCUT2D eigenvalue weighted by Crippen LogP contribution is -2.18. The van der Waals surface area contributed by atoms with E-state index in [9.17, 15) is 15.0 Å². The first-order valence-corrected chi connectivity index (χ1v) is 9.90. The Balaban J connectivity index is 1.89. The van der Waals surface area contributed by atoms with E-state index in [-0.39, 0.29) is 23.1 Å². The Morgan fingerprint density at radius 1 is 1.10 bits per heavy atom. The maximum absolute atomic E-state index is 12.4. The number of hydrogen-bond donors (Lipinski definition) is 4. The molecule has 0 unspecified atom stereocenters. The molecule has 0 fully saturated rings. The zero-order chi connectivity index (χ0) is 21.0. The summed E-state index contributed by atoms with van der Waals surface area (Å²) in [5.41, 5.74) is 2.87. The van der Waals surface area contributed by atoms with Gasteiger partial charge < -0.3 is 15.5 Å². The van der Waals surface area contributed by atoms with Crippen LogP contribution in [0.15, 0.2) is 41.2 Å². The highest BCUT2D eigenvalue weighted by Gasteiger charge is 2.18. The van der Waals surface area contributed by atoms with Crippen LogP contribution < -0.4 is 11.0 Å². The van der Waals surface area contributed by atoms with Crippen molar-refractivity contribution in [3.8, 4) is 22.9 Å². The van der Waals surface area contributed by atoms with Gasteiger partial charge in [0.1, 0.15) is 11.5 Å². The van der Waals surface area contributed by atoms with E-state index in [1.807, 2.05) is 38.1 Å². The minimum Gasteiger partial charge on any atom is -0.508 e. The standard InChI is InChI=1S/C22H28N4O3/c1-4-9-23-12-15-5-7-16(8-6-15)13-26-21(24-25-22(26)29)18-10-17(14(2)3)19(27)11-20(18)28/h5-8,10-11,14,23,27-28H,4,9,12-13H2,1-3H3,(H,25,29). The fraction of sp³-hybridized carbons (Fsp3) is 0.364. The third kappa shape index (κ3) is 4.68. The molecule has 1 heterocycles. The van der Waals surface area contributed by atoms with E-state index in [1.165, 1.54) is 16.2 Å². The average Bonchev–Trinajstić information content (AvgIpc) is 3.03. The molecule has 0 atom stereocenters. The van der Waals surface area contributed by atoms with Crippen LogP contribution in [0.3, 0.4) is 0 Å². The van der Waals surface area contributed by atoms with E-state index in [0.717, 1.165) is 25.1 Å². The summed E-state index contributed by atoms with van der Waals surface area (Å²) in [4.78, 5) is 12.4. The van der Waals surface area contributed by atoms with E-state index in [0.29, 0.717) is 23.5 Å². The van der Waals surface area contributed by atoms with Crippen molar-refractivity contribution in [2.45, 2.75) is 46.2 Å². The molecule has 0 saturated heterocycles. The predicted octanol–water partition coefficient (Wildman–Crippen LogP) is 3.32. The molecule has 154 valence electrons. The number of nitrogens with one attached hydrogen (secondary N) is 2. The second kappa shape index (κ2) is 8.96. The quantitative estimate of drug-likeness (QED) is 0.437. The lowest BCUT2D eigenvalue weighted by atomic mass is 9.98. The smallest absolute Gasteiger partial charge is 0.343 e. The summed E-state index contributed by atoms with van der Waals surface area (Å²) >= 11 is 0. The molecule has 0 saturated carbocycles. The average molecular weight is 396 g/mol. The monoisotopic (exact) mass is 396 g/mol. The molecule has 7 heteroatoms. The Kier molecular flexibility index (Phi) is 6.39. The van der Waals surface area contributed by atoms with Gasteiger partial charge in [0.05, 0.1) is 12.1 Å². The lowest BCUT2D eigenvalue weighted by Gasteiger charge is -2.13. The second-order valence-corrected chi connectivity index (χ2v) is 7.51. The number of aromatic amines is 1. The molecule has 3 aromatic rings. The zero-order valence-corrected chi connectivity index (χ0v) is 17.1. The summed E-state index contributed by atoms with van der Waals surface area (Å²) in [6.07, 6.45) is 1.09. The van der Waals surface area contributed by atoms with Gasteiger partial charge in [-0.1, -0.05) is 45.0 Å². The van der Waals surface area contributed by atoms with Crippen molar-refractivity contribution in [1.82, 2.24) is 20.1 Å². The van der Waals surface area contributed by atoms with Crippen LogP contribution in [0.4, 0.5) is 0 Å². The Hall–Kier alpha value is -3.06. The molecule has 3 rings (SSSR count). The van der Waals surface area contributed by atoms with Gasteiger partial charge in [-0.3, -0.25) is 4.57 Å². The number of H-pyrrole nitrogens is 1. The number of rotatable bonds is 8. The van der Waals surface area contributed by atoms with Crippen LogP contribution >= 0.6 is 0 Å². The molecule has 0 aliphatic heterocycles. The van der Waals surface area contributed by atoms with Crippen LogP contribution in [0, 0.1) is 0 Å². The number of hydrogen-bond acceptors (Lipinski definition) is 5. The maximum Gasteiger partial charge on any atom is 0.343 e. The summed E-state index contributed by atoms with van der Waals surface area (Å²) in [5, 5.41) is 30.4. The van der Waals surface area contributed by atoms with E-state index < -0.39 is 0 Å². The normalized spacial score (nSPS) is 11.3. The van der Waals surface area contributed by atoms with Gasteiger partial charge in [0.2, 0.25) is 0 Å². The highest BCUT2D eigenvalue weighted by atomic mass is 16.3. The van der Waals surface area contributed by atoms with Crippen LogP contribution in [0.25, 0.3) is 11.4 Å². The van der Waals surface area contributed by atoms with Crippen molar-refractivity contribution < 1.29 is 10.2 Å². The van der Waals surface area contributed by atoms with E-state index in [4.69, 9.17) is 0 Å². The first-order valence-electron chi connectivity index (χ1n) is 9.90. The summed E-state index contributed by atoms with van der Waals surface area (Å²) in [6.45, 7) is 8.14. The van der Waals surface area contributed by atoms with Crippen molar-refractivity contribution in [1.29, 1.82) is 0 Å². The molecule has 7 nitrogen and oxygen atoms in total. The minimum atomic E-state index is -0.354. The van der Waals surface area contributed by atoms with Gasteiger partial charge in [-0.2, -0.15) is 5.10 Å². The molecule has 2 aromatic carbocycles. The third-order valence-electron chi connectivity index (χ3n) is 4.89. The molecular formula is C22H28N4O3. The predicted molar refractivity (Wildman–Crippen MR) is 113 cm³/mol. The second-order valence-electron chi connectivity index (χ2n) is 7.51. The number of benzene rings is 2. The Morgan fingerprint density at radius 3 is 2.45 bits per heavy atom. The molecule has 4 N–H and O–H groups in total. The van der Waals surface area contributed by atoms with Crippen LogP contribution in [-0.2, 0) is 13.1 Å². The summed E-state index contributed by atoms with van der Waals surface area (Å²) in [6, 6.07) is 11.0. The highest BCUT2D eigenvalue weighted by Crippen LogP contribution is 2.36. The topological polar surface area (TPSA) is 103 Å². The maximum atomic E-state index is 12.4. The van der Waals surface area contributed by atoms with Crippen molar-refractivity contribution in [3.63, 3.8) is 0 Å². The molecule has 0 aliphatic rings. The minimum absolute atomic E-state index is 0.0259. The lowest BCUT2D eigenvalue weighted by molar-refractivity contribution is 0.444. The number of phenolic OH excluding ortho intramolecular Hbond substituents is 2. The Labute approximate surface area is 170 Å². The Morgan fingerprint density at radius 2 is 1.79 bits per heavy atom. The fourth-order valence-corrected chi connectivity index (χ4v) is 3.26. The van der Waals surface area contributed by atoms with Crippen molar-refractivity contribution in [2.75, 3.05) is 6.54 Å². The van der Waals surface area contributed by atoms with Crippen LogP contribution in [0.2, 0.25) is 0 Å². The van der Waals surface area contributed by atoms with Gasteiger partial charge in [-0.25, -0.2) is 9.89 Å². The van der Waals surface area contributed by atoms with E-state index in [2.05, 4.69) is 22.4 Å². The Bertz CT molecular complexity index is 1020. The van der Waals surface area contributed by atoms with Gasteiger partial charge in [-0.15, -0.1) is 0 Å². The number of aromatic hydroxyl groups is 2. The van der Waals surface area contributed by atoms with Gasteiger partial charge in [0.25, 0.3) is 0 Å². The largest absolute Gasteiger partial charge is 0.508 e. The van der Waals surface area contributed by atoms with Gasteiger partial charge in [0.15, 0.2) is 5.82 Å². The first kappa shape index (κ1) is 20.7. The van der Waals surface area contributed by atoms with Gasteiger partial charge >= 0.3 is 5.69 Å². The highest BCUT2D eigenvalue weighted by molar-refractivity contribution is 5.67. The fourth-order valence-electron chi connectivity index (χ4n) is 3.26. The number of aromatic nitrogens is 3. The third-order valence-corrected chi connectivity index (χ3v) is 4.89. The molecule has 1 aromatic heterocycles. The molecule has 0 bridgehead atoms. The summed E-state index contributed by atoms with van der Waals surface area (Å²) in [5.74, 6) is 0.299. The number of nitrogens with zero attached hydrogens (tertiary/aromatic N) is 2. The van der Waals surface area contributed by atoms with Crippen LogP contribution in [-0.4, -0.2) is 31.5 Å². The number of phenols is 2. The summed E-state index contributed by atoms with van der Waals surface area (Å²) < 4.78 is 1.49. The molecule has 0 radical (unpaired) electrons. The van der Waals surface area contributed by atoms with Gasteiger partial charge in [0, 0.05) is 12.6 Å². The van der Waals surface area contributed by atoms with E-state index >= 15 is 0 Å². The van der Waals surface area contributed by atoms with Crippen molar-refractivity contribution in [2.24, 2.45) is 0 Å². The molecule has 0 aliphatic carbocycles. The van der Waals surface area contributed by atoms with Gasteiger partial charge in [-0.05, 0) is 41.6 Å². The van der Waals surface area contributed by atoms with E-state index in [1.54, 1.807) is 6.07 Å². The van der Waals surface area contributed by atoms with Crippen molar-refractivity contribution >= 4 is 0 Å². The van der Waals surface area contributed by atoms with Crippen LogP contribution in [0.5, 0.6) is 11.5 Å². The molecular weight excluding hydrogens is 368 g/mol. The molecule has 0 spiro atoms. The summed E-state index contributed by atoms with van der Waals surface area (Å²) in [7, 11) is 0. The SMILES string of the molecule is CCCNCc1ccc(Cn2c(-c3cc(C(C)C)c(O)cc3O)n[nH]c2=O)cc1.